The first-order valence-corrected chi connectivity index (χ1v) is 5.48. The number of hydrogen-bond acceptors (Lipinski definition) is 2. The SMILES string of the molecule is CNCCCCc1nc2ccccc2[nH]1. The van der Waals surface area contributed by atoms with Gasteiger partial charge in [0.05, 0.1) is 11.0 Å². The van der Waals surface area contributed by atoms with E-state index in [1.54, 1.807) is 0 Å². The maximum absolute atomic E-state index is 4.53. The molecule has 15 heavy (non-hydrogen) atoms. The van der Waals surface area contributed by atoms with E-state index in [2.05, 4.69) is 21.4 Å². The molecule has 1 aromatic carbocycles. The molecule has 0 atom stereocenters. The Bertz CT molecular complexity index is 386. The van der Waals surface area contributed by atoms with E-state index >= 15 is 0 Å². The van der Waals surface area contributed by atoms with E-state index in [1.807, 2.05) is 25.2 Å². The molecule has 2 rings (SSSR count). The molecule has 0 spiro atoms. The quantitative estimate of drug-likeness (QED) is 0.731. The van der Waals surface area contributed by atoms with E-state index in [0.29, 0.717) is 0 Å². The fraction of sp³-hybridized carbons (Fsp3) is 0.417. The normalized spacial score (nSPS) is 11.0. The van der Waals surface area contributed by atoms with Gasteiger partial charge in [-0.25, -0.2) is 4.98 Å². The highest BCUT2D eigenvalue weighted by Crippen LogP contribution is 2.11. The van der Waals surface area contributed by atoms with Crippen LogP contribution in [0.2, 0.25) is 0 Å². The van der Waals surface area contributed by atoms with Crippen LogP contribution in [0.15, 0.2) is 24.3 Å². The van der Waals surface area contributed by atoms with Crippen LogP contribution in [-0.4, -0.2) is 23.6 Å². The Morgan fingerprint density at radius 1 is 1.27 bits per heavy atom. The summed E-state index contributed by atoms with van der Waals surface area (Å²) < 4.78 is 0. The van der Waals surface area contributed by atoms with E-state index in [1.165, 1.54) is 12.8 Å². The number of aryl methyl sites for hydroxylation is 1. The minimum Gasteiger partial charge on any atom is -0.342 e. The van der Waals surface area contributed by atoms with Gasteiger partial charge in [-0.15, -0.1) is 0 Å². The van der Waals surface area contributed by atoms with Crippen LogP contribution in [-0.2, 0) is 6.42 Å². The van der Waals surface area contributed by atoms with E-state index < -0.39 is 0 Å². The van der Waals surface area contributed by atoms with Gasteiger partial charge in [-0.05, 0) is 38.6 Å². The van der Waals surface area contributed by atoms with Gasteiger partial charge in [-0.3, -0.25) is 0 Å². The lowest BCUT2D eigenvalue weighted by Gasteiger charge is -1.97. The van der Waals surface area contributed by atoms with Crippen molar-refractivity contribution in [2.24, 2.45) is 0 Å². The van der Waals surface area contributed by atoms with Gasteiger partial charge >= 0.3 is 0 Å². The fourth-order valence-corrected chi connectivity index (χ4v) is 1.72. The molecule has 0 aliphatic carbocycles. The molecule has 0 fully saturated rings. The van der Waals surface area contributed by atoms with Crippen molar-refractivity contribution in [3.63, 3.8) is 0 Å². The number of imidazole rings is 1. The topological polar surface area (TPSA) is 40.7 Å². The van der Waals surface area contributed by atoms with Crippen LogP contribution in [0.5, 0.6) is 0 Å². The zero-order chi connectivity index (χ0) is 10.5. The lowest BCUT2D eigenvalue weighted by Crippen LogP contribution is -2.07. The molecule has 80 valence electrons. The van der Waals surface area contributed by atoms with Crippen LogP contribution in [0, 0.1) is 0 Å². The molecule has 1 aromatic heterocycles. The van der Waals surface area contributed by atoms with Gasteiger partial charge in [0.1, 0.15) is 5.82 Å². The van der Waals surface area contributed by atoms with Crippen molar-refractivity contribution in [1.82, 2.24) is 15.3 Å². The van der Waals surface area contributed by atoms with Crippen LogP contribution in [0.4, 0.5) is 0 Å². The summed E-state index contributed by atoms with van der Waals surface area (Å²) in [5.41, 5.74) is 2.21. The van der Waals surface area contributed by atoms with E-state index in [9.17, 15) is 0 Å². The number of aromatic nitrogens is 2. The third-order valence-corrected chi connectivity index (χ3v) is 2.53. The largest absolute Gasteiger partial charge is 0.342 e. The number of para-hydroxylation sites is 2. The van der Waals surface area contributed by atoms with Crippen molar-refractivity contribution in [2.75, 3.05) is 13.6 Å². The minimum absolute atomic E-state index is 1.04. The maximum Gasteiger partial charge on any atom is 0.107 e. The summed E-state index contributed by atoms with van der Waals surface area (Å²) in [7, 11) is 1.99. The number of aromatic amines is 1. The predicted molar refractivity (Wildman–Crippen MR) is 63.0 cm³/mol. The molecule has 0 saturated heterocycles. The lowest BCUT2D eigenvalue weighted by molar-refractivity contribution is 0.666. The molecule has 0 bridgehead atoms. The molecule has 3 heteroatoms. The number of H-pyrrole nitrogens is 1. The Morgan fingerprint density at radius 2 is 2.13 bits per heavy atom. The van der Waals surface area contributed by atoms with E-state index in [-0.39, 0.29) is 0 Å². The zero-order valence-electron chi connectivity index (χ0n) is 9.09. The van der Waals surface area contributed by atoms with Gasteiger partial charge < -0.3 is 10.3 Å². The highest BCUT2D eigenvalue weighted by Gasteiger charge is 2.00. The Balaban J connectivity index is 1.97. The molecule has 2 N–H and O–H groups in total. The highest BCUT2D eigenvalue weighted by atomic mass is 14.9. The standard InChI is InChI=1S/C12H17N3/c1-13-9-5-4-8-12-14-10-6-2-3-7-11(10)15-12/h2-3,6-7,13H,4-5,8-9H2,1H3,(H,14,15). The third kappa shape index (κ3) is 2.57. The van der Waals surface area contributed by atoms with Crippen LogP contribution in [0.3, 0.4) is 0 Å². The molecular weight excluding hydrogens is 186 g/mol. The fourth-order valence-electron chi connectivity index (χ4n) is 1.72. The second-order valence-corrected chi connectivity index (χ2v) is 3.76. The second-order valence-electron chi connectivity index (χ2n) is 3.76. The number of benzene rings is 1. The predicted octanol–water partition coefficient (Wildman–Crippen LogP) is 2.10. The maximum atomic E-state index is 4.53. The molecule has 0 unspecified atom stereocenters. The summed E-state index contributed by atoms with van der Waals surface area (Å²) >= 11 is 0. The summed E-state index contributed by atoms with van der Waals surface area (Å²) in [5.74, 6) is 1.10. The average molecular weight is 203 g/mol. The van der Waals surface area contributed by atoms with Crippen molar-refractivity contribution < 1.29 is 0 Å². The number of unbranched alkanes of at least 4 members (excludes halogenated alkanes) is 1. The summed E-state index contributed by atoms with van der Waals surface area (Å²) in [6.07, 6.45) is 3.42. The number of fused-ring (bicyclic) bond motifs is 1. The van der Waals surface area contributed by atoms with Crippen molar-refractivity contribution in [3.8, 4) is 0 Å². The molecule has 0 radical (unpaired) electrons. The molecule has 3 nitrogen and oxygen atoms in total. The zero-order valence-corrected chi connectivity index (χ0v) is 9.09. The average Bonchev–Trinajstić information content (AvgIpc) is 2.67. The molecule has 0 aliphatic rings. The molecular formula is C12H17N3. The second kappa shape index (κ2) is 4.94. The minimum atomic E-state index is 1.04. The Labute approximate surface area is 89.9 Å². The lowest BCUT2D eigenvalue weighted by atomic mass is 10.2. The van der Waals surface area contributed by atoms with Crippen molar-refractivity contribution in [2.45, 2.75) is 19.3 Å². The molecule has 2 aromatic rings. The van der Waals surface area contributed by atoms with E-state index in [4.69, 9.17) is 0 Å². The van der Waals surface area contributed by atoms with Gasteiger partial charge in [0, 0.05) is 6.42 Å². The van der Waals surface area contributed by atoms with Gasteiger partial charge in [-0.2, -0.15) is 0 Å². The molecule has 0 saturated carbocycles. The smallest absolute Gasteiger partial charge is 0.107 e. The summed E-state index contributed by atoms with van der Waals surface area (Å²) in [6.45, 7) is 1.08. The van der Waals surface area contributed by atoms with Crippen molar-refractivity contribution >= 4 is 11.0 Å². The Kier molecular flexibility index (Phi) is 3.35. The molecule has 0 amide bonds. The first-order chi connectivity index (χ1) is 7.40. The first kappa shape index (κ1) is 10.2. The first-order valence-electron chi connectivity index (χ1n) is 5.48. The van der Waals surface area contributed by atoms with Crippen LogP contribution in [0.25, 0.3) is 11.0 Å². The van der Waals surface area contributed by atoms with Gasteiger partial charge in [0.15, 0.2) is 0 Å². The summed E-state index contributed by atoms with van der Waals surface area (Å²) in [6, 6.07) is 8.17. The van der Waals surface area contributed by atoms with Gasteiger partial charge in [0.2, 0.25) is 0 Å². The Morgan fingerprint density at radius 3 is 2.93 bits per heavy atom. The highest BCUT2D eigenvalue weighted by molar-refractivity contribution is 5.74. The number of rotatable bonds is 5. The number of nitrogens with one attached hydrogen (secondary N) is 2. The molecule has 0 aliphatic heterocycles. The van der Waals surface area contributed by atoms with Crippen molar-refractivity contribution in [3.05, 3.63) is 30.1 Å². The van der Waals surface area contributed by atoms with E-state index in [0.717, 1.165) is 29.8 Å². The number of hydrogen-bond donors (Lipinski definition) is 2. The molecule has 1 heterocycles. The van der Waals surface area contributed by atoms with Gasteiger partial charge in [0.25, 0.3) is 0 Å². The van der Waals surface area contributed by atoms with Gasteiger partial charge in [-0.1, -0.05) is 12.1 Å². The van der Waals surface area contributed by atoms with Crippen LogP contribution < -0.4 is 5.32 Å². The van der Waals surface area contributed by atoms with Crippen molar-refractivity contribution in [1.29, 1.82) is 0 Å². The monoisotopic (exact) mass is 203 g/mol. The Hall–Kier alpha value is -1.35. The van der Waals surface area contributed by atoms with Crippen LogP contribution >= 0.6 is 0 Å². The summed E-state index contributed by atoms with van der Waals surface area (Å²) in [5, 5.41) is 3.15. The number of nitrogens with zero attached hydrogens (tertiary/aromatic N) is 1. The summed E-state index contributed by atoms with van der Waals surface area (Å²) in [4.78, 5) is 7.88. The van der Waals surface area contributed by atoms with Crippen LogP contribution in [0.1, 0.15) is 18.7 Å². The third-order valence-electron chi connectivity index (χ3n) is 2.53.